The third kappa shape index (κ3) is 4.85. The average Bonchev–Trinajstić information content (AvgIpc) is 2.70. The number of nitrogens with one attached hydrogen (secondary N) is 2. The Balaban J connectivity index is 1.70. The van der Waals surface area contributed by atoms with Gasteiger partial charge in [-0.3, -0.25) is 9.59 Å². The molecule has 0 heterocycles. The molecule has 0 radical (unpaired) electrons. The van der Waals surface area contributed by atoms with E-state index in [0.717, 1.165) is 0 Å². The molecule has 0 aromatic heterocycles. The molecule has 3 rings (SSSR count). The van der Waals surface area contributed by atoms with Gasteiger partial charge in [0.25, 0.3) is 11.8 Å². The van der Waals surface area contributed by atoms with Gasteiger partial charge in [-0.25, -0.2) is 9.82 Å². The number of carbonyl (C=O) groups excluding carboxylic acids is 2. The number of anilines is 1. The zero-order valence-electron chi connectivity index (χ0n) is 14.2. The molecule has 0 spiro atoms. The fourth-order valence-electron chi connectivity index (χ4n) is 2.35. The van der Waals surface area contributed by atoms with Crippen LogP contribution in [0.3, 0.4) is 0 Å². The van der Waals surface area contributed by atoms with Crippen LogP contribution in [-0.2, 0) is 0 Å². The molecule has 0 aliphatic rings. The van der Waals surface area contributed by atoms with Gasteiger partial charge < -0.3 is 5.32 Å². The highest BCUT2D eigenvalue weighted by atomic mass is 19.1. The lowest BCUT2D eigenvalue weighted by Gasteiger charge is -2.10. The molecule has 0 bridgehead atoms. The molecule has 27 heavy (non-hydrogen) atoms. The lowest BCUT2D eigenvalue weighted by Crippen LogP contribution is -2.21. The van der Waals surface area contributed by atoms with Crippen molar-refractivity contribution in [2.24, 2.45) is 5.10 Å². The summed E-state index contributed by atoms with van der Waals surface area (Å²) in [7, 11) is 0. The van der Waals surface area contributed by atoms with Gasteiger partial charge in [0.1, 0.15) is 5.82 Å². The van der Waals surface area contributed by atoms with Crippen LogP contribution in [0.15, 0.2) is 84.0 Å². The van der Waals surface area contributed by atoms with Gasteiger partial charge in [-0.1, -0.05) is 42.5 Å². The number of halogens is 1. The van der Waals surface area contributed by atoms with Crippen LogP contribution in [0.25, 0.3) is 0 Å². The molecule has 0 unspecified atom stereocenters. The van der Waals surface area contributed by atoms with E-state index in [9.17, 15) is 14.0 Å². The topological polar surface area (TPSA) is 70.6 Å². The second-order valence-corrected chi connectivity index (χ2v) is 5.62. The second-order valence-electron chi connectivity index (χ2n) is 5.62. The number of hydrogen-bond donors (Lipinski definition) is 2. The number of hydrazone groups is 1. The van der Waals surface area contributed by atoms with Crippen molar-refractivity contribution >= 4 is 23.7 Å². The van der Waals surface area contributed by atoms with Crippen LogP contribution < -0.4 is 10.7 Å². The maximum Gasteiger partial charge on any atom is 0.273 e. The molecule has 0 fully saturated rings. The first-order chi connectivity index (χ1) is 13.1. The highest BCUT2D eigenvalue weighted by Crippen LogP contribution is 2.16. The third-order valence-electron chi connectivity index (χ3n) is 3.71. The minimum atomic E-state index is -0.475. The number of amides is 2. The number of rotatable bonds is 5. The van der Waals surface area contributed by atoms with E-state index in [0.29, 0.717) is 16.8 Å². The molecule has 3 aromatic carbocycles. The zero-order valence-corrected chi connectivity index (χ0v) is 14.2. The van der Waals surface area contributed by atoms with Gasteiger partial charge in [0.2, 0.25) is 0 Å². The summed E-state index contributed by atoms with van der Waals surface area (Å²) in [6.45, 7) is 0. The van der Waals surface area contributed by atoms with Gasteiger partial charge in [-0.05, 0) is 42.0 Å². The molecular weight excluding hydrogens is 345 g/mol. The van der Waals surface area contributed by atoms with E-state index >= 15 is 0 Å². The summed E-state index contributed by atoms with van der Waals surface area (Å²) < 4.78 is 12.9. The Morgan fingerprint density at radius 1 is 0.815 bits per heavy atom. The van der Waals surface area contributed by atoms with Crippen LogP contribution in [0, 0.1) is 5.82 Å². The van der Waals surface area contributed by atoms with Crippen molar-refractivity contribution in [3.63, 3.8) is 0 Å². The fraction of sp³-hybridized carbons (Fsp3) is 0. The van der Waals surface area contributed by atoms with E-state index in [2.05, 4.69) is 15.8 Å². The largest absolute Gasteiger partial charge is 0.321 e. The summed E-state index contributed by atoms with van der Waals surface area (Å²) in [5.74, 6) is -1.14. The van der Waals surface area contributed by atoms with E-state index in [1.165, 1.54) is 18.3 Å². The van der Waals surface area contributed by atoms with Crippen molar-refractivity contribution < 1.29 is 14.0 Å². The molecule has 2 N–H and O–H groups in total. The summed E-state index contributed by atoms with van der Waals surface area (Å²) >= 11 is 0. The van der Waals surface area contributed by atoms with E-state index < -0.39 is 5.91 Å². The smallest absolute Gasteiger partial charge is 0.273 e. The molecule has 6 heteroatoms. The Hall–Kier alpha value is -3.80. The van der Waals surface area contributed by atoms with Crippen LogP contribution in [0.4, 0.5) is 10.1 Å². The van der Waals surface area contributed by atoms with Crippen molar-refractivity contribution in [1.82, 2.24) is 5.43 Å². The molecule has 0 saturated carbocycles. The molecule has 3 aromatic rings. The number of para-hydroxylation sites is 1. The number of benzene rings is 3. The highest BCUT2D eigenvalue weighted by Gasteiger charge is 2.13. The van der Waals surface area contributed by atoms with Crippen LogP contribution >= 0.6 is 0 Å². The van der Waals surface area contributed by atoms with Crippen LogP contribution in [-0.4, -0.2) is 18.0 Å². The predicted molar refractivity (Wildman–Crippen MR) is 102 cm³/mol. The molecule has 134 valence electrons. The van der Waals surface area contributed by atoms with Gasteiger partial charge in [-0.15, -0.1) is 0 Å². The van der Waals surface area contributed by atoms with Crippen molar-refractivity contribution in [1.29, 1.82) is 0 Å². The van der Waals surface area contributed by atoms with Crippen LogP contribution in [0.2, 0.25) is 0 Å². The zero-order chi connectivity index (χ0) is 19.1. The van der Waals surface area contributed by atoms with Crippen LogP contribution in [0.1, 0.15) is 26.3 Å². The number of carbonyl (C=O) groups is 2. The minimum absolute atomic E-state index is 0.276. The van der Waals surface area contributed by atoms with Crippen molar-refractivity contribution in [3.05, 3.63) is 101 Å². The summed E-state index contributed by atoms with van der Waals surface area (Å²) in [6, 6.07) is 21.0. The van der Waals surface area contributed by atoms with Crippen molar-refractivity contribution in [3.8, 4) is 0 Å². The summed E-state index contributed by atoms with van der Waals surface area (Å²) in [4.78, 5) is 24.7. The summed E-state index contributed by atoms with van der Waals surface area (Å²) in [6.07, 6.45) is 1.41. The molecule has 0 aliphatic carbocycles. The Bertz CT molecular complexity index is 970. The second kappa shape index (κ2) is 8.53. The van der Waals surface area contributed by atoms with E-state index in [1.54, 1.807) is 60.7 Å². The van der Waals surface area contributed by atoms with Gasteiger partial charge >= 0.3 is 0 Å². The standard InChI is InChI=1S/C21H16FN3O2/c22-17-12-10-15(11-13-17)14-23-25-21(27)18-8-4-5-9-19(18)24-20(26)16-6-2-1-3-7-16/h1-14H,(H,24,26)(H,25,27)/b23-14-. The monoisotopic (exact) mass is 361 g/mol. The van der Waals surface area contributed by atoms with E-state index in [4.69, 9.17) is 0 Å². The first-order valence-electron chi connectivity index (χ1n) is 8.18. The van der Waals surface area contributed by atoms with E-state index in [1.807, 2.05) is 6.07 Å². The highest BCUT2D eigenvalue weighted by molar-refractivity contribution is 6.09. The van der Waals surface area contributed by atoms with E-state index in [-0.39, 0.29) is 17.3 Å². The van der Waals surface area contributed by atoms with Gasteiger partial charge in [0, 0.05) is 5.56 Å². The average molecular weight is 361 g/mol. The van der Waals surface area contributed by atoms with Gasteiger partial charge in [0.15, 0.2) is 0 Å². The summed E-state index contributed by atoms with van der Waals surface area (Å²) in [5.41, 5.74) is 4.18. The first kappa shape index (κ1) is 18.0. The van der Waals surface area contributed by atoms with Crippen molar-refractivity contribution in [2.45, 2.75) is 0 Å². The summed E-state index contributed by atoms with van der Waals surface area (Å²) in [5, 5.41) is 6.60. The predicted octanol–water partition coefficient (Wildman–Crippen LogP) is 3.84. The maximum absolute atomic E-state index is 12.9. The maximum atomic E-state index is 12.9. The number of hydrogen-bond acceptors (Lipinski definition) is 3. The third-order valence-corrected chi connectivity index (χ3v) is 3.71. The van der Waals surface area contributed by atoms with Gasteiger partial charge in [0.05, 0.1) is 17.5 Å². The molecule has 0 saturated heterocycles. The Morgan fingerprint density at radius 3 is 2.22 bits per heavy atom. The SMILES string of the molecule is O=C(Nc1ccccc1C(=O)N/N=C\c1ccc(F)cc1)c1ccccc1. The Morgan fingerprint density at radius 2 is 1.48 bits per heavy atom. The lowest BCUT2D eigenvalue weighted by molar-refractivity contribution is 0.0956. The normalized spacial score (nSPS) is 10.6. The quantitative estimate of drug-likeness (QED) is 0.535. The molecule has 0 atom stereocenters. The Kier molecular flexibility index (Phi) is 5.69. The van der Waals surface area contributed by atoms with Crippen LogP contribution in [0.5, 0.6) is 0 Å². The molecule has 0 aliphatic heterocycles. The fourth-order valence-corrected chi connectivity index (χ4v) is 2.35. The van der Waals surface area contributed by atoms with Gasteiger partial charge in [-0.2, -0.15) is 5.10 Å². The minimum Gasteiger partial charge on any atom is -0.321 e. The molecule has 5 nitrogen and oxygen atoms in total. The lowest BCUT2D eigenvalue weighted by atomic mass is 10.1. The number of nitrogens with zero attached hydrogens (tertiary/aromatic N) is 1. The Labute approximate surface area is 155 Å². The van der Waals surface area contributed by atoms with Crippen molar-refractivity contribution in [2.75, 3.05) is 5.32 Å². The molecule has 2 amide bonds. The molecular formula is C21H16FN3O2. The first-order valence-corrected chi connectivity index (χ1v) is 8.18.